The van der Waals surface area contributed by atoms with Gasteiger partial charge in [-0.15, -0.1) is 0 Å². The summed E-state index contributed by atoms with van der Waals surface area (Å²) in [7, 11) is 0. The van der Waals surface area contributed by atoms with E-state index in [2.05, 4.69) is 27.7 Å². The van der Waals surface area contributed by atoms with E-state index in [1.807, 2.05) is 0 Å². The lowest BCUT2D eigenvalue weighted by atomic mass is 9.65. The monoisotopic (exact) mass is 166 g/mol. The predicted molar refractivity (Wildman–Crippen MR) is 53.0 cm³/mol. The van der Waals surface area contributed by atoms with Crippen LogP contribution in [0, 0.1) is 22.7 Å². The van der Waals surface area contributed by atoms with Gasteiger partial charge in [-0.2, -0.15) is 0 Å². The van der Waals surface area contributed by atoms with Crippen molar-refractivity contribution in [2.24, 2.45) is 22.7 Å². The molecule has 12 heavy (non-hydrogen) atoms. The van der Waals surface area contributed by atoms with E-state index in [1.165, 1.54) is 25.7 Å². The van der Waals surface area contributed by atoms with Gasteiger partial charge < -0.3 is 0 Å². The van der Waals surface area contributed by atoms with Gasteiger partial charge >= 0.3 is 0 Å². The number of fused-ring (bicyclic) bond motifs is 2. The second kappa shape index (κ2) is 2.27. The molecule has 4 unspecified atom stereocenters. The molecule has 2 aliphatic rings. The first-order chi connectivity index (χ1) is 5.54. The van der Waals surface area contributed by atoms with Crippen molar-refractivity contribution in [3.8, 4) is 0 Å². The molecule has 2 rings (SSSR count). The van der Waals surface area contributed by atoms with Gasteiger partial charge in [0.25, 0.3) is 0 Å². The summed E-state index contributed by atoms with van der Waals surface area (Å²) >= 11 is 0. The van der Waals surface area contributed by atoms with Crippen molar-refractivity contribution < 1.29 is 0 Å². The average Bonchev–Trinajstić information content (AvgIpc) is 2.39. The molecule has 0 heteroatoms. The molecule has 0 aromatic rings. The molecule has 0 saturated heterocycles. The third kappa shape index (κ3) is 0.701. The summed E-state index contributed by atoms with van der Waals surface area (Å²) in [5, 5.41) is 0. The maximum absolute atomic E-state index is 2.54. The van der Waals surface area contributed by atoms with Gasteiger partial charge in [0.05, 0.1) is 0 Å². The van der Waals surface area contributed by atoms with Crippen molar-refractivity contribution in [1.29, 1.82) is 0 Å². The summed E-state index contributed by atoms with van der Waals surface area (Å²) in [4.78, 5) is 0. The van der Waals surface area contributed by atoms with Crippen LogP contribution in [0.3, 0.4) is 0 Å². The summed E-state index contributed by atoms with van der Waals surface area (Å²) in [5.41, 5.74) is 1.35. The first-order valence-corrected chi connectivity index (χ1v) is 5.54. The standard InChI is InChI=1S/C12H22/c1-5-11(3)10-6-7-12(11,4)9(2)8-10/h9-10H,5-8H2,1-4H3. The molecular formula is C12H22. The smallest absolute Gasteiger partial charge is 0.0244 e. The van der Waals surface area contributed by atoms with Gasteiger partial charge in [-0.25, -0.2) is 0 Å². The Morgan fingerprint density at radius 2 is 2.00 bits per heavy atom. The van der Waals surface area contributed by atoms with Gasteiger partial charge in [0.2, 0.25) is 0 Å². The quantitative estimate of drug-likeness (QED) is 0.555. The van der Waals surface area contributed by atoms with Crippen LogP contribution in [-0.2, 0) is 0 Å². The van der Waals surface area contributed by atoms with Crippen LogP contribution in [0.2, 0.25) is 0 Å². The van der Waals surface area contributed by atoms with Crippen LogP contribution in [-0.4, -0.2) is 0 Å². The lowest BCUT2D eigenvalue weighted by Gasteiger charge is -2.40. The van der Waals surface area contributed by atoms with Crippen molar-refractivity contribution in [2.45, 2.75) is 53.4 Å². The summed E-state index contributed by atoms with van der Waals surface area (Å²) in [6.45, 7) is 9.92. The van der Waals surface area contributed by atoms with Gasteiger partial charge in [-0.05, 0) is 48.3 Å². The molecule has 0 aromatic carbocycles. The molecule has 0 aliphatic heterocycles. The fourth-order valence-corrected chi connectivity index (χ4v) is 4.11. The van der Waals surface area contributed by atoms with Crippen LogP contribution in [0.15, 0.2) is 0 Å². The minimum Gasteiger partial charge on any atom is -0.0648 e. The Balaban J connectivity index is 2.38. The highest BCUT2D eigenvalue weighted by molar-refractivity contribution is 5.10. The van der Waals surface area contributed by atoms with Crippen LogP contribution in [0.4, 0.5) is 0 Å². The Morgan fingerprint density at radius 1 is 1.33 bits per heavy atom. The van der Waals surface area contributed by atoms with E-state index in [9.17, 15) is 0 Å². The topological polar surface area (TPSA) is 0 Å². The zero-order valence-corrected chi connectivity index (χ0v) is 8.98. The first-order valence-electron chi connectivity index (χ1n) is 5.54. The van der Waals surface area contributed by atoms with Gasteiger partial charge in [-0.3, -0.25) is 0 Å². The van der Waals surface area contributed by atoms with E-state index >= 15 is 0 Å². The summed E-state index contributed by atoms with van der Waals surface area (Å²) in [6.07, 6.45) is 5.88. The van der Waals surface area contributed by atoms with Crippen molar-refractivity contribution in [3.05, 3.63) is 0 Å². The maximum atomic E-state index is 2.54. The predicted octanol–water partition coefficient (Wildman–Crippen LogP) is 3.86. The highest BCUT2D eigenvalue weighted by Crippen LogP contribution is 2.69. The molecule has 0 radical (unpaired) electrons. The average molecular weight is 166 g/mol. The Kier molecular flexibility index (Phi) is 1.63. The molecule has 0 nitrogen and oxygen atoms in total. The first kappa shape index (κ1) is 8.59. The van der Waals surface area contributed by atoms with Crippen LogP contribution >= 0.6 is 0 Å². The third-order valence-electron chi connectivity index (χ3n) is 5.68. The highest BCUT2D eigenvalue weighted by atomic mass is 14.7. The normalized spacial score (nSPS) is 58.0. The Morgan fingerprint density at radius 3 is 2.25 bits per heavy atom. The van der Waals surface area contributed by atoms with Gasteiger partial charge in [0, 0.05) is 0 Å². The molecule has 2 saturated carbocycles. The van der Waals surface area contributed by atoms with Crippen LogP contribution in [0.5, 0.6) is 0 Å². The van der Waals surface area contributed by atoms with Crippen LogP contribution in [0.1, 0.15) is 53.4 Å². The molecule has 4 atom stereocenters. The van der Waals surface area contributed by atoms with Gasteiger partial charge in [0.1, 0.15) is 0 Å². The molecule has 0 amide bonds. The fraction of sp³-hybridized carbons (Fsp3) is 1.00. The SMILES string of the molecule is CCC1(C)C2CCC1(C)C(C)C2. The third-order valence-corrected chi connectivity index (χ3v) is 5.68. The summed E-state index contributed by atoms with van der Waals surface area (Å²) in [5.74, 6) is 2.02. The molecule has 0 N–H and O–H groups in total. The second-order valence-corrected chi connectivity index (χ2v) is 5.56. The maximum Gasteiger partial charge on any atom is -0.0244 e. The molecule has 0 aromatic heterocycles. The number of hydrogen-bond acceptors (Lipinski definition) is 0. The van der Waals surface area contributed by atoms with E-state index < -0.39 is 0 Å². The van der Waals surface area contributed by atoms with Crippen molar-refractivity contribution in [1.82, 2.24) is 0 Å². The van der Waals surface area contributed by atoms with Crippen LogP contribution < -0.4 is 0 Å². The number of rotatable bonds is 1. The van der Waals surface area contributed by atoms with Crippen molar-refractivity contribution in [2.75, 3.05) is 0 Å². The molecule has 2 bridgehead atoms. The van der Waals surface area contributed by atoms with E-state index in [0.29, 0.717) is 10.8 Å². The minimum absolute atomic E-state index is 0.673. The van der Waals surface area contributed by atoms with E-state index in [-0.39, 0.29) is 0 Å². The fourth-order valence-electron chi connectivity index (χ4n) is 4.11. The highest BCUT2D eigenvalue weighted by Gasteiger charge is 2.60. The summed E-state index contributed by atoms with van der Waals surface area (Å²) < 4.78 is 0. The van der Waals surface area contributed by atoms with E-state index in [4.69, 9.17) is 0 Å². The molecule has 2 aliphatic carbocycles. The molecule has 2 fully saturated rings. The van der Waals surface area contributed by atoms with E-state index in [0.717, 1.165) is 11.8 Å². The lowest BCUT2D eigenvalue weighted by molar-refractivity contribution is 0.0881. The Hall–Kier alpha value is 0. The lowest BCUT2D eigenvalue weighted by Crippen LogP contribution is -2.33. The van der Waals surface area contributed by atoms with Crippen molar-refractivity contribution >= 4 is 0 Å². The van der Waals surface area contributed by atoms with Gasteiger partial charge in [-0.1, -0.05) is 27.7 Å². The van der Waals surface area contributed by atoms with Crippen molar-refractivity contribution in [3.63, 3.8) is 0 Å². The van der Waals surface area contributed by atoms with Crippen LogP contribution in [0.25, 0.3) is 0 Å². The molecular weight excluding hydrogens is 144 g/mol. The number of hydrogen-bond donors (Lipinski definition) is 0. The zero-order chi connectivity index (χ0) is 8.98. The molecule has 0 heterocycles. The van der Waals surface area contributed by atoms with E-state index in [1.54, 1.807) is 0 Å². The second-order valence-electron chi connectivity index (χ2n) is 5.56. The minimum atomic E-state index is 0.673. The van der Waals surface area contributed by atoms with Gasteiger partial charge in [0.15, 0.2) is 0 Å². The zero-order valence-electron chi connectivity index (χ0n) is 8.98. The Labute approximate surface area is 76.7 Å². The molecule has 0 spiro atoms. The molecule has 70 valence electrons. The largest absolute Gasteiger partial charge is 0.0648 e. The Bertz CT molecular complexity index is 194. The summed E-state index contributed by atoms with van der Waals surface area (Å²) in [6, 6.07) is 0.